The number of phenolic OH excluding ortho intramolecular Hbond substituents is 1. The number of aliphatic hydroxyl groups excluding tert-OH is 1. The molecule has 2 saturated carbocycles. The van der Waals surface area contributed by atoms with E-state index in [2.05, 4.69) is 20.4 Å². The average Bonchev–Trinajstić information content (AvgIpc) is 3.46. The average molecular weight is 569 g/mol. The number of aromatic nitrogens is 2. The number of benzene rings is 2. The molecule has 4 N–H and O–H groups in total. The van der Waals surface area contributed by atoms with Gasteiger partial charge in [-0.1, -0.05) is 41.6 Å². The maximum Gasteiger partial charge on any atom is 0.252 e. The second kappa shape index (κ2) is 7.73. The van der Waals surface area contributed by atoms with Crippen molar-refractivity contribution in [2.75, 3.05) is 13.1 Å². The van der Waals surface area contributed by atoms with Crippen LogP contribution in [-0.4, -0.2) is 67.1 Å². The Kier molecular flexibility index (Phi) is 4.54. The molecule has 10 rings (SSSR count). The normalized spacial score (nSPS) is 33.7. The maximum atomic E-state index is 14.2. The van der Waals surface area contributed by atoms with Gasteiger partial charge in [-0.3, -0.25) is 9.69 Å². The Labute approximate surface area is 242 Å². The number of nitrogens with zero attached hydrogens (tertiary/aromatic N) is 3. The van der Waals surface area contributed by atoms with Crippen LogP contribution >= 0.6 is 0 Å². The molecule has 5 aliphatic carbocycles. The third-order valence-electron chi connectivity index (χ3n) is 10.9. The van der Waals surface area contributed by atoms with Crippen molar-refractivity contribution in [3.05, 3.63) is 70.8 Å². The van der Waals surface area contributed by atoms with Gasteiger partial charge in [0.1, 0.15) is 16.9 Å². The molecular weight excluding hydrogens is 536 g/mol. The number of nitrogens with one attached hydrogen (secondary N) is 1. The Morgan fingerprint density at radius 1 is 1.17 bits per heavy atom. The first-order valence-corrected chi connectivity index (χ1v) is 14.8. The lowest BCUT2D eigenvalue weighted by atomic mass is 9.30. The van der Waals surface area contributed by atoms with Crippen LogP contribution in [0.25, 0.3) is 11.4 Å². The summed E-state index contributed by atoms with van der Waals surface area (Å²) in [5, 5.41) is 42.5. The molecule has 2 aliphatic heterocycles. The molecule has 2 unspecified atom stereocenters. The lowest BCUT2D eigenvalue weighted by molar-refractivity contribution is -0.309. The van der Waals surface area contributed by atoms with Crippen LogP contribution in [0.2, 0.25) is 0 Å². The molecule has 1 amide bonds. The van der Waals surface area contributed by atoms with Crippen molar-refractivity contribution in [1.82, 2.24) is 20.4 Å². The predicted molar refractivity (Wildman–Crippen MR) is 148 cm³/mol. The molecular formula is C32H32N4O6. The van der Waals surface area contributed by atoms with E-state index >= 15 is 0 Å². The molecule has 3 fully saturated rings. The quantitative estimate of drug-likeness (QED) is 0.353. The molecule has 10 heteroatoms. The first-order valence-electron chi connectivity index (χ1n) is 14.8. The van der Waals surface area contributed by atoms with Crippen molar-refractivity contribution in [3.8, 4) is 22.9 Å². The molecule has 1 spiro atoms. The fourth-order valence-corrected chi connectivity index (χ4v) is 9.07. The van der Waals surface area contributed by atoms with Crippen LogP contribution in [0.5, 0.6) is 11.5 Å². The van der Waals surface area contributed by atoms with E-state index < -0.39 is 34.5 Å². The van der Waals surface area contributed by atoms with Crippen LogP contribution in [0.15, 0.2) is 58.3 Å². The molecule has 3 aromatic rings. The van der Waals surface area contributed by atoms with Crippen molar-refractivity contribution < 1.29 is 29.4 Å². The van der Waals surface area contributed by atoms with Crippen LogP contribution < -0.4 is 10.1 Å². The fraction of sp³-hybridized carbons (Fsp3) is 0.469. The van der Waals surface area contributed by atoms with E-state index in [0.717, 1.165) is 23.2 Å². The smallest absolute Gasteiger partial charge is 0.252 e. The molecule has 5 bridgehead atoms. The van der Waals surface area contributed by atoms with E-state index in [0.29, 0.717) is 30.5 Å². The number of phenols is 1. The molecule has 1 saturated heterocycles. The van der Waals surface area contributed by atoms with Gasteiger partial charge in [-0.15, -0.1) is 0 Å². The Hall–Kier alpha value is -3.89. The zero-order valence-corrected chi connectivity index (χ0v) is 23.4. The van der Waals surface area contributed by atoms with Gasteiger partial charge in [0.25, 0.3) is 11.8 Å². The van der Waals surface area contributed by atoms with Gasteiger partial charge >= 0.3 is 0 Å². The number of ether oxygens (including phenoxy) is 1. The Morgan fingerprint density at radius 2 is 1.95 bits per heavy atom. The minimum atomic E-state index is -1.32. The third kappa shape index (κ3) is 2.76. The number of amides is 1. The molecule has 6 atom stereocenters. The highest BCUT2D eigenvalue weighted by atomic mass is 16.5. The number of aliphatic hydroxyl groups is 2. The highest BCUT2D eigenvalue weighted by Gasteiger charge is 2.88. The van der Waals surface area contributed by atoms with Gasteiger partial charge in [0.15, 0.2) is 17.6 Å². The number of hydrogen-bond acceptors (Lipinski definition) is 9. The lowest BCUT2D eigenvalue weighted by Gasteiger charge is -2.78. The summed E-state index contributed by atoms with van der Waals surface area (Å²) >= 11 is 0. The monoisotopic (exact) mass is 568 g/mol. The fourth-order valence-electron chi connectivity index (χ4n) is 9.07. The first-order chi connectivity index (χ1) is 20.2. The zero-order valence-electron chi connectivity index (χ0n) is 23.4. The second-order valence-corrected chi connectivity index (χ2v) is 13.5. The van der Waals surface area contributed by atoms with E-state index in [-0.39, 0.29) is 34.9 Å². The van der Waals surface area contributed by atoms with Gasteiger partial charge in [-0.05, 0) is 56.6 Å². The van der Waals surface area contributed by atoms with E-state index in [1.54, 1.807) is 19.9 Å². The number of carbonyl (C=O) groups is 1. The molecule has 2 aromatic carbocycles. The summed E-state index contributed by atoms with van der Waals surface area (Å²) in [7, 11) is 0. The Bertz CT molecular complexity index is 1710. The number of aromatic hydroxyl groups is 1. The minimum Gasteiger partial charge on any atom is -0.508 e. The molecule has 3 heterocycles. The SMILES string of the molecule is CC(C)(NC(=O)C1=C(O)[C@@H]2Oc3c(O)ccc4c3[C@@]23C2CN(CC5CC5)[C@H](C4)[C@]3(O)C12)c1nc(-c2ccccc2)no1. The van der Waals surface area contributed by atoms with E-state index in [1.807, 2.05) is 36.4 Å². The number of hydrogen-bond donors (Lipinski definition) is 4. The van der Waals surface area contributed by atoms with Crippen LogP contribution in [0, 0.1) is 17.8 Å². The Morgan fingerprint density at radius 3 is 2.71 bits per heavy atom. The molecule has 42 heavy (non-hydrogen) atoms. The molecule has 1 aromatic heterocycles. The van der Waals surface area contributed by atoms with Crippen molar-refractivity contribution in [2.24, 2.45) is 17.8 Å². The van der Waals surface area contributed by atoms with Crippen LogP contribution in [0.4, 0.5) is 0 Å². The van der Waals surface area contributed by atoms with Gasteiger partial charge < -0.3 is 29.9 Å². The summed E-state index contributed by atoms with van der Waals surface area (Å²) in [4.78, 5) is 21.1. The van der Waals surface area contributed by atoms with E-state index in [4.69, 9.17) is 9.26 Å². The van der Waals surface area contributed by atoms with Crippen molar-refractivity contribution in [2.45, 2.75) is 61.8 Å². The second-order valence-electron chi connectivity index (χ2n) is 13.5. The molecule has 7 aliphatic rings. The summed E-state index contributed by atoms with van der Waals surface area (Å²) in [6, 6.07) is 12.8. The number of carbonyl (C=O) groups excluding carboxylic acids is 1. The van der Waals surface area contributed by atoms with Crippen molar-refractivity contribution in [3.63, 3.8) is 0 Å². The van der Waals surface area contributed by atoms with Crippen LogP contribution in [0.1, 0.15) is 43.7 Å². The topological polar surface area (TPSA) is 141 Å². The largest absolute Gasteiger partial charge is 0.508 e. The standard InChI is InChI=1S/C32H32N4O6/c1-30(2,29-33-27(35-42-29)16-6-4-3-5-7-16)34-28(39)21-23-18-14-36(13-15-8-9-15)20-12-17-10-11-19(37)25-22(17)31(18,32(20,23)40)26(41-25)24(21)38/h3-7,10-11,15,18,20,23,26,37-38,40H,8-9,12-14H2,1-2H3,(H,34,39)/t18?,20-,23?,26+,31+,32+/m1/s1. The maximum absolute atomic E-state index is 14.2. The molecule has 216 valence electrons. The van der Waals surface area contributed by atoms with Gasteiger partial charge in [0.2, 0.25) is 5.82 Å². The lowest BCUT2D eigenvalue weighted by Crippen LogP contribution is -2.91. The van der Waals surface area contributed by atoms with Crippen molar-refractivity contribution >= 4 is 5.91 Å². The van der Waals surface area contributed by atoms with E-state index in [1.165, 1.54) is 12.8 Å². The number of likely N-dealkylation sites (tertiary alicyclic amines) is 1. The Balaban J connectivity index is 1.11. The van der Waals surface area contributed by atoms with Gasteiger partial charge in [-0.2, -0.15) is 4.98 Å². The van der Waals surface area contributed by atoms with Crippen molar-refractivity contribution in [1.29, 1.82) is 0 Å². The summed E-state index contributed by atoms with van der Waals surface area (Å²) < 4.78 is 11.9. The summed E-state index contributed by atoms with van der Waals surface area (Å²) in [6.07, 6.45) is 2.04. The number of rotatable bonds is 6. The first kappa shape index (κ1) is 24.7. The van der Waals surface area contributed by atoms with Crippen LogP contribution in [-0.2, 0) is 22.2 Å². The molecule has 10 nitrogen and oxygen atoms in total. The summed E-state index contributed by atoms with van der Waals surface area (Å²) in [5.74, 6) is 0.173. The predicted octanol–water partition coefficient (Wildman–Crippen LogP) is 2.95. The van der Waals surface area contributed by atoms with E-state index in [9.17, 15) is 20.1 Å². The zero-order chi connectivity index (χ0) is 28.8. The minimum absolute atomic E-state index is 0.0125. The summed E-state index contributed by atoms with van der Waals surface area (Å²) in [6.45, 7) is 5.15. The third-order valence-corrected chi connectivity index (χ3v) is 10.9. The molecule has 0 radical (unpaired) electrons. The number of piperidine rings is 2. The summed E-state index contributed by atoms with van der Waals surface area (Å²) in [5.41, 5.74) is -0.502. The van der Waals surface area contributed by atoms with Gasteiger partial charge in [0.05, 0.1) is 11.0 Å². The highest BCUT2D eigenvalue weighted by Crippen LogP contribution is 2.78. The highest BCUT2D eigenvalue weighted by molar-refractivity contribution is 5.97. The van der Waals surface area contributed by atoms with Gasteiger partial charge in [-0.25, -0.2) is 0 Å². The van der Waals surface area contributed by atoms with Crippen LogP contribution in [0.3, 0.4) is 0 Å². The van der Waals surface area contributed by atoms with Gasteiger partial charge in [0, 0.05) is 36.2 Å².